The van der Waals surface area contributed by atoms with E-state index in [1.54, 1.807) is 0 Å². The molecule has 2 N–H and O–H groups in total. The van der Waals surface area contributed by atoms with Crippen LogP contribution in [-0.4, -0.2) is 43.8 Å². The first kappa shape index (κ1) is 13.5. The number of aliphatic hydroxyl groups excluding tert-OH is 2. The van der Waals surface area contributed by atoms with Crippen LogP contribution in [0.15, 0.2) is 0 Å². The van der Waals surface area contributed by atoms with Gasteiger partial charge in [-0.05, 0) is 0 Å². The van der Waals surface area contributed by atoms with Gasteiger partial charge in [-0.15, -0.1) is 23.2 Å². The predicted octanol–water partition coefficient (Wildman–Crippen LogP) is 1.71. The fourth-order valence-corrected chi connectivity index (χ4v) is 2.21. The van der Waals surface area contributed by atoms with Crippen LogP contribution in [0.1, 0.15) is 0 Å². The molecule has 0 aliphatic rings. The van der Waals surface area contributed by atoms with E-state index in [2.05, 4.69) is 31.9 Å². The van der Waals surface area contributed by atoms with Gasteiger partial charge in [-0.1, -0.05) is 31.9 Å². The molecule has 6 heteroatoms. The maximum atomic E-state index is 9.51. The molecule has 0 radical (unpaired) electrons. The van der Waals surface area contributed by atoms with Crippen LogP contribution in [-0.2, 0) is 0 Å². The Bertz CT molecular complexity index is 114. The summed E-state index contributed by atoms with van der Waals surface area (Å²) in [4.78, 5) is -0.594. The van der Waals surface area contributed by atoms with Gasteiger partial charge in [-0.2, -0.15) is 0 Å². The van der Waals surface area contributed by atoms with Crippen LogP contribution in [0.5, 0.6) is 0 Å². The Hall–Kier alpha value is 1.46. The largest absolute Gasteiger partial charge is 0.395 e. The van der Waals surface area contributed by atoms with Gasteiger partial charge in [0, 0.05) is 5.88 Å². The van der Waals surface area contributed by atoms with Crippen molar-refractivity contribution in [1.29, 1.82) is 0 Å². The van der Waals surface area contributed by atoms with Gasteiger partial charge in [0.15, 0.2) is 0 Å². The normalized spacial score (nSPS) is 21.5. The third kappa shape index (κ3) is 4.11. The van der Waals surface area contributed by atoms with Gasteiger partial charge in [0.25, 0.3) is 0 Å². The zero-order valence-corrected chi connectivity index (χ0v) is 10.8. The Morgan fingerprint density at radius 1 is 1.33 bits per heavy atom. The molecule has 0 rings (SSSR count). The number of rotatable bonds is 5. The van der Waals surface area contributed by atoms with Gasteiger partial charge in [0.1, 0.15) is 0 Å². The molecule has 0 aromatic carbocycles. The molecule has 0 saturated heterocycles. The van der Waals surface area contributed by atoms with Crippen molar-refractivity contribution in [3.63, 3.8) is 0 Å². The minimum absolute atomic E-state index is 0.184. The molecular weight excluding hydrogens is 335 g/mol. The molecule has 0 spiro atoms. The molecule has 0 aromatic heterocycles. The minimum atomic E-state index is -0.711. The lowest BCUT2D eigenvalue weighted by Crippen LogP contribution is -2.38. The third-order valence-electron chi connectivity index (χ3n) is 1.36. The van der Waals surface area contributed by atoms with Gasteiger partial charge in [0.2, 0.25) is 0 Å². The summed E-state index contributed by atoms with van der Waals surface area (Å²) < 4.78 is 0. The summed E-state index contributed by atoms with van der Waals surface area (Å²) in [5, 5.41) is 17.7. The van der Waals surface area contributed by atoms with Crippen molar-refractivity contribution in [3.8, 4) is 0 Å². The molecule has 0 amide bonds. The van der Waals surface area contributed by atoms with Gasteiger partial charge >= 0.3 is 0 Å². The van der Waals surface area contributed by atoms with Crippen LogP contribution in [0.4, 0.5) is 0 Å². The molecule has 0 bridgehead atoms. The van der Waals surface area contributed by atoms with E-state index < -0.39 is 11.5 Å². The maximum absolute atomic E-state index is 9.51. The number of alkyl halides is 4. The summed E-state index contributed by atoms with van der Waals surface area (Å²) in [6.07, 6.45) is -0.711. The van der Waals surface area contributed by atoms with Crippen LogP contribution in [0, 0.1) is 0 Å². The Balaban J connectivity index is 3.99. The van der Waals surface area contributed by atoms with Crippen molar-refractivity contribution in [2.45, 2.75) is 21.1 Å². The highest BCUT2D eigenvalue weighted by Crippen LogP contribution is 2.22. The van der Waals surface area contributed by atoms with Gasteiger partial charge in [-0.3, -0.25) is 0 Å². The van der Waals surface area contributed by atoms with Crippen LogP contribution in [0.2, 0.25) is 0 Å². The standard InChI is InChI=1S/C6H10Br2Cl2O2/c7-3(1-9)6(12)5(8)4(10)2-11/h3-6,11-12H,1-2H2. The average Bonchev–Trinajstić information content (AvgIpc) is 2.12. The minimum Gasteiger partial charge on any atom is -0.395 e. The van der Waals surface area contributed by atoms with Gasteiger partial charge in [-0.25, -0.2) is 0 Å². The summed E-state index contributed by atoms with van der Waals surface area (Å²) in [6.45, 7) is -0.184. The molecule has 0 aliphatic heterocycles. The molecule has 0 heterocycles. The molecule has 4 unspecified atom stereocenters. The highest BCUT2D eigenvalue weighted by atomic mass is 79.9. The van der Waals surface area contributed by atoms with E-state index in [0.717, 1.165) is 0 Å². The van der Waals surface area contributed by atoms with Crippen LogP contribution in [0.3, 0.4) is 0 Å². The van der Waals surface area contributed by atoms with Crippen LogP contribution in [0.25, 0.3) is 0 Å². The smallest absolute Gasteiger partial charge is 0.0816 e. The molecule has 0 aliphatic carbocycles. The Morgan fingerprint density at radius 3 is 2.17 bits per heavy atom. The molecular formula is C6H10Br2Cl2O2. The first-order valence-corrected chi connectivity index (χ1v) is 6.12. The summed E-state index contributed by atoms with van der Waals surface area (Å²) in [5.41, 5.74) is 0. The Kier molecular flexibility index (Phi) is 7.68. The van der Waals surface area contributed by atoms with E-state index in [9.17, 15) is 5.11 Å². The number of hydrogen-bond acceptors (Lipinski definition) is 2. The van der Waals surface area contributed by atoms with E-state index in [1.807, 2.05) is 0 Å². The van der Waals surface area contributed by atoms with E-state index in [0.29, 0.717) is 0 Å². The predicted molar refractivity (Wildman–Crippen MR) is 58.9 cm³/mol. The monoisotopic (exact) mass is 342 g/mol. The lowest BCUT2D eigenvalue weighted by Gasteiger charge is -2.23. The Labute approximate surface area is 98.5 Å². The van der Waals surface area contributed by atoms with E-state index in [-0.39, 0.29) is 22.1 Å². The molecule has 0 aromatic rings. The summed E-state index contributed by atoms with van der Waals surface area (Å²) in [5.74, 6) is 0.290. The average molecular weight is 345 g/mol. The van der Waals surface area contributed by atoms with E-state index in [4.69, 9.17) is 28.3 Å². The van der Waals surface area contributed by atoms with Gasteiger partial charge < -0.3 is 10.2 Å². The molecule has 12 heavy (non-hydrogen) atoms. The van der Waals surface area contributed by atoms with Crippen molar-refractivity contribution >= 4 is 55.1 Å². The van der Waals surface area contributed by atoms with Crippen molar-refractivity contribution < 1.29 is 10.2 Å². The number of halogens is 4. The topological polar surface area (TPSA) is 40.5 Å². The second-order valence-corrected chi connectivity index (χ2v) is 5.41. The van der Waals surface area contributed by atoms with Crippen LogP contribution >= 0.6 is 55.1 Å². The lowest BCUT2D eigenvalue weighted by molar-refractivity contribution is 0.164. The summed E-state index contributed by atoms with van der Waals surface area (Å²) >= 11 is 17.6. The van der Waals surface area contributed by atoms with Crippen molar-refractivity contribution in [1.82, 2.24) is 0 Å². The second kappa shape index (κ2) is 6.85. The third-order valence-corrected chi connectivity index (χ3v) is 4.83. The highest BCUT2D eigenvalue weighted by Gasteiger charge is 2.28. The summed E-state index contributed by atoms with van der Waals surface area (Å²) in [7, 11) is 0. The van der Waals surface area contributed by atoms with Crippen molar-refractivity contribution in [3.05, 3.63) is 0 Å². The Morgan fingerprint density at radius 2 is 1.83 bits per heavy atom. The second-order valence-electron chi connectivity index (χ2n) is 2.30. The number of hydrogen-bond donors (Lipinski definition) is 2. The highest BCUT2D eigenvalue weighted by molar-refractivity contribution is 9.10. The first-order valence-electron chi connectivity index (χ1n) is 3.31. The van der Waals surface area contributed by atoms with Crippen molar-refractivity contribution in [2.24, 2.45) is 0 Å². The molecule has 74 valence electrons. The molecule has 4 atom stereocenters. The molecule has 0 saturated carbocycles. The van der Waals surface area contributed by atoms with Crippen molar-refractivity contribution in [2.75, 3.05) is 12.5 Å². The fraction of sp³-hybridized carbons (Fsp3) is 1.00. The van der Waals surface area contributed by atoms with Gasteiger partial charge in [0.05, 0.1) is 27.7 Å². The molecule has 2 nitrogen and oxygen atoms in total. The number of aliphatic hydroxyl groups is 2. The SMILES string of the molecule is OCC(Cl)C(Br)C(O)C(Br)CCl. The zero-order chi connectivity index (χ0) is 9.72. The maximum Gasteiger partial charge on any atom is 0.0816 e. The lowest BCUT2D eigenvalue weighted by atomic mass is 10.1. The van der Waals surface area contributed by atoms with E-state index in [1.165, 1.54) is 0 Å². The van der Waals surface area contributed by atoms with E-state index >= 15 is 0 Å². The van der Waals surface area contributed by atoms with Crippen LogP contribution < -0.4 is 0 Å². The first-order chi connectivity index (χ1) is 5.54. The quantitative estimate of drug-likeness (QED) is 0.745. The zero-order valence-electron chi connectivity index (χ0n) is 6.13. The summed E-state index contributed by atoms with van der Waals surface area (Å²) in [6, 6.07) is 0. The molecule has 0 fully saturated rings. The fourth-order valence-electron chi connectivity index (χ4n) is 0.605.